The minimum absolute atomic E-state index is 0.0177. The fourth-order valence-corrected chi connectivity index (χ4v) is 4.60. The van der Waals surface area contributed by atoms with Crippen LogP contribution in [-0.4, -0.2) is 54.5 Å². The second kappa shape index (κ2) is 7.08. The zero-order chi connectivity index (χ0) is 19.1. The Labute approximate surface area is 154 Å². The number of hydrogen-bond acceptors (Lipinski definition) is 5. The van der Waals surface area contributed by atoms with Gasteiger partial charge in [-0.05, 0) is 55.4 Å². The number of methoxy groups -OCH3 is 2. The lowest BCUT2D eigenvalue weighted by atomic mass is 9.71. The van der Waals surface area contributed by atoms with Gasteiger partial charge in [0.2, 0.25) is 0 Å². The van der Waals surface area contributed by atoms with Crippen LogP contribution in [0.15, 0.2) is 12.1 Å². The molecule has 1 unspecified atom stereocenters. The molecule has 0 radical (unpaired) electrons. The maximum absolute atomic E-state index is 11.2. The Morgan fingerprint density at radius 1 is 1.35 bits per heavy atom. The van der Waals surface area contributed by atoms with E-state index >= 15 is 0 Å². The maximum atomic E-state index is 11.2. The van der Waals surface area contributed by atoms with Crippen LogP contribution in [0.2, 0.25) is 0 Å². The lowest BCUT2D eigenvalue weighted by molar-refractivity contribution is -0.143. The zero-order valence-corrected chi connectivity index (χ0v) is 16.0. The van der Waals surface area contributed by atoms with E-state index in [4.69, 9.17) is 9.47 Å². The van der Waals surface area contributed by atoms with Crippen molar-refractivity contribution in [3.63, 3.8) is 0 Å². The van der Waals surface area contributed by atoms with Gasteiger partial charge in [0.1, 0.15) is 0 Å². The average molecular weight is 363 g/mol. The van der Waals surface area contributed by atoms with Crippen molar-refractivity contribution in [2.75, 3.05) is 27.3 Å². The SMILES string of the molecule is COc1cc2c(cc1OC)[C@]1(C)C[C@@H](O)[C@@H](CC(C)C(=O)O)CN1CC2. The molecule has 6 heteroatoms. The highest BCUT2D eigenvalue weighted by atomic mass is 16.5. The summed E-state index contributed by atoms with van der Waals surface area (Å²) in [6, 6.07) is 4.08. The van der Waals surface area contributed by atoms with Gasteiger partial charge in [-0.2, -0.15) is 0 Å². The van der Waals surface area contributed by atoms with Crippen molar-refractivity contribution in [2.24, 2.45) is 11.8 Å². The summed E-state index contributed by atoms with van der Waals surface area (Å²) in [4.78, 5) is 13.6. The van der Waals surface area contributed by atoms with Gasteiger partial charge in [0.25, 0.3) is 0 Å². The van der Waals surface area contributed by atoms with E-state index in [1.807, 2.05) is 12.1 Å². The number of ether oxygens (including phenoxy) is 2. The summed E-state index contributed by atoms with van der Waals surface area (Å²) in [5, 5.41) is 20.0. The van der Waals surface area contributed by atoms with Crippen LogP contribution < -0.4 is 9.47 Å². The van der Waals surface area contributed by atoms with Crippen molar-refractivity contribution < 1.29 is 24.5 Å². The molecule has 2 aliphatic heterocycles. The first-order chi connectivity index (χ1) is 12.3. The molecular weight excluding hydrogens is 334 g/mol. The van der Waals surface area contributed by atoms with Crippen LogP contribution in [0.3, 0.4) is 0 Å². The highest BCUT2D eigenvalue weighted by molar-refractivity contribution is 5.69. The van der Waals surface area contributed by atoms with Crippen LogP contribution in [-0.2, 0) is 16.8 Å². The second-order valence-electron chi connectivity index (χ2n) is 7.84. The van der Waals surface area contributed by atoms with Crippen LogP contribution in [0, 0.1) is 11.8 Å². The predicted octanol–water partition coefficient (Wildman–Crippen LogP) is 2.27. The summed E-state index contributed by atoms with van der Waals surface area (Å²) in [5.74, 6) is 0.168. The molecule has 0 aromatic heterocycles. The second-order valence-corrected chi connectivity index (χ2v) is 7.84. The van der Waals surface area contributed by atoms with Gasteiger partial charge in [-0.15, -0.1) is 0 Å². The van der Waals surface area contributed by atoms with Crippen LogP contribution in [0.4, 0.5) is 0 Å². The topological polar surface area (TPSA) is 79.2 Å². The van der Waals surface area contributed by atoms with Crippen LogP contribution in [0.5, 0.6) is 11.5 Å². The summed E-state index contributed by atoms with van der Waals surface area (Å²) in [5.41, 5.74) is 2.12. The summed E-state index contributed by atoms with van der Waals surface area (Å²) in [7, 11) is 3.27. The Balaban J connectivity index is 1.90. The number of hydrogen-bond donors (Lipinski definition) is 2. The molecule has 0 amide bonds. The number of rotatable bonds is 5. The third-order valence-corrected chi connectivity index (χ3v) is 6.22. The number of nitrogens with zero attached hydrogens (tertiary/aromatic N) is 1. The van der Waals surface area contributed by atoms with E-state index in [1.54, 1.807) is 21.1 Å². The summed E-state index contributed by atoms with van der Waals surface area (Å²) in [6.45, 7) is 5.48. The van der Waals surface area contributed by atoms with Crippen molar-refractivity contribution in [3.05, 3.63) is 23.3 Å². The Kier molecular flexibility index (Phi) is 5.17. The van der Waals surface area contributed by atoms with Gasteiger partial charge in [0, 0.05) is 18.6 Å². The smallest absolute Gasteiger partial charge is 0.306 e. The van der Waals surface area contributed by atoms with Gasteiger partial charge in [0.05, 0.1) is 26.2 Å². The molecule has 0 bridgehead atoms. The molecule has 4 atom stereocenters. The monoisotopic (exact) mass is 363 g/mol. The van der Waals surface area contributed by atoms with E-state index in [0.717, 1.165) is 18.7 Å². The minimum atomic E-state index is -0.800. The third-order valence-electron chi connectivity index (χ3n) is 6.22. The number of fused-ring (bicyclic) bond motifs is 3. The Morgan fingerprint density at radius 2 is 2.00 bits per heavy atom. The maximum Gasteiger partial charge on any atom is 0.306 e. The predicted molar refractivity (Wildman–Crippen MR) is 97.7 cm³/mol. The third kappa shape index (κ3) is 3.16. The van der Waals surface area contributed by atoms with Crippen molar-refractivity contribution in [3.8, 4) is 11.5 Å². The fraction of sp³-hybridized carbons (Fsp3) is 0.650. The number of aliphatic hydroxyl groups excluding tert-OH is 1. The molecule has 1 aromatic carbocycles. The molecule has 2 N–H and O–H groups in total. The first-order valence-electron chi connectivity index (χ1n) is 9.21. The Bertz CT molecular complexity index is 691. The van der Waals surface area contributed by atoms with Gasteiger partial charge in [-0.1, -0.05) is 6.92 Å². The van der Waals surface area contributed by atoms with Gasteiger partial charge >= 0.3 is 5.97 Å². The van der Waals surface area contributed by atoms with E-state index in [1.165, 1.54) is 11.1 Å². The lowest BCUT2D eigenvalue weighted by Crippen LogP contribution is -2.58. The Morgan fingerprint density at radius 3 is 2.62 bits per heavy atom. The highest BCUT2D eigenvalue weighted by Gasteiger charge is 2.47. The average Bonchev–Trinajstić information content (AvgIpc) is 2.61. The number of aliphatic carboxylic acids is 1. The van der Waals surface area contributed by atoms with Gasteiger partial charge in [-0.25, -0.2) is 0 Å². The number of aliphatic hydroxyl groups is 1. The number of piperidine rings is 1. The summed E-state index contributed by atoms with van der Waals surface area (Å²) >= 11 is 0. The molecule has 6 nitrogen and oxygen atoms in total. The first kappa shape index (κ1) is 19.0. The van der Waals surface area contributed by atoms with Crippen LogP contribution in [0.25, 0.3) is 0 Å². The van der Waals surface area contributed by atoms with Crippen molar-refractivity contribution in [1.82, 2.24) is 4.90 Å². The molecule has 144 valence electrons. The molecular formula is C20H29NO5. The standard InChI is InChI=1S/C20H29NO5/c1-12(19(23)24)7-14-11-21-6-5-13-8-17(25-3)18(26-4)9-15(13)20(21,2)10-16(14)22/h8-9,12,14,16,22H,5-7,10-11H2,1-4H3,(H,23,24)/t12?,14-,16+,20-/m0/s1. The van der Waals surface area contributed by atoms with Crippen molar-refractivity contribution in [2.45, 2.75) is 44.8 Å². The summed E-state index contributed by atoms with van der Waals surface area (Å²) in [6.07, 6.45) is 1.48. The van der Waals surface area contributed by atoms with Crippen LogP contribution >= 0.6 is 0 Å². The molecule has 2 aliphatic rings. The molecule has 0 aliphatic carbocycles. The molecule has 0 saturated carbocycles. The molecule has 26 heavy (non-hydrogen) atoms. The number of carboxylic acids is 1. The van der Waals surface area contributed by atoms with Crippen molar-refractivity contribution in [1.29, 1.82) is 0 Å². The van der Waals surface area contributed by atoms with Gasteiger partial charge < -0.3 is 19.7 Å². The van der Waals surface area contributed by atoms with Gasteiger partial charge in [0.15, 0.2) is 11.5 Å². The van der Waals surface area contributed by atoms with Gasteiger partial charge in [-0.3, -0.25) is 9.69 Å². The molecule has 1 aromatic rings. The Hall–Kier alpha value is -1.79. The number of benzene rings is 1. The molecule has 1 fully saturated rings. The first-order valence-corrected chi connectivity index (χ1v) is 9.21. The fourth-order valence-electron chi connectivity index (χ4n) is 4.60. The normalized spacial score (nSPS) is 29.4. The lowest BCUT2D eigenvalue weighted by Gasteiger charge is -2.53. The van der Waals surface area contributed by atoms with E-state index in [2.05, 4.69) is 11.8 Å². The van der Waals surface area contributed by atoms with Crippen LogP contribution in [0.1, 0.15) is 37.8 Å². The minimum Gasteiger partial charge on any atom is -0.493 e. The van der Waals surface area contributed by atoms with E-state index in [-0.39, 0.29) is 11.5 Å². The summed E-state index contributed by atoms with van der Waals surface area (Å²) < 4.78 is 10.9. The number of carbonyl (C=O) groups is 1. The molecule has 0 spiro atoms. The zero-order valence-electron chi connectivity index (χ0n) is 16.0. The molecule has 1 saturated heterocycles. The largest absolute Gasteiger partial charge is 0.493 e. The van der Waals surface area contributed by atoms with E-state index in [0.29, 0.717) is 25.1 Å². The van der Waals surface area contributed by atoms with E-state index < -0.39 is 18.0 Å². The van der Waals surface area contributed by atoms with Crippen molar-refractivity contribution >= 4 is 5.97 Å². The quantitative estimate of drug-likeness (QED) is 0.835. The highest BCUT2D eigenvalue weighted by Crippen LogP contribution is 2.47. The number of carboxylic acid groups (broad SMARTS) is 1. The van der Waals surface area contributed by atoms with E-state index in [9.17, 15) is 15.0 Å². The molecule has 2 heterocycles. The molecule has 3 rings (SSSR count).